The highest BCUT2D eigenvalue weighted by molar-refractivity contribution is 5.76. The molecule has 0 radical (unpaired) electrons. The summed E-state index contributed by atoms with van der Waals surface area (Å²) in [6.07, 6.45) is 5.38. The molecule has 0 heterocycles. The lowest BCUT2D eigenvalue weighted by molar-refractivity contribution is -0.122. The number of carbonyl (C=O) groups is 1. The Hall–Kier alpha value is -0.610. The molecule has 0 aromatic carbocycles. The van der Waals surface area contributed by atoms with Crippen LogP contribution in [0.4, 0.5) is 0 Å². The van der Waals surface area contributed by atoms with Gasteiger partial charge in [-0.2, -0.15) is 0 Å². The van der Waals surface area contributed by atoms with Gasteiger partial charge < -0.3 is 11.1 Å². The number of carbonyl (C=O) groups excluding carboxylic acids is 1. The van der Waals surface area contributed by atoms with Gasteiger partial charge in [0, 0.05) is 31.1 Å². The Morgan fingerprint density at radius 1 is 1.42 bits per heavy atom. The molecule has 0 aliphatic heterocycles. The second-order valence-electron chi connectivity index (χ2n) is 6.50. The van der Waals surface area contributed by atoms with Crippen LogP contribution in [0.15, 0.2) is 0 Å². The molecule has 1 rings (SSSR count). The van der Waals surface area contributed by atoms with Crippen LogP contribution in [-0.4, -0.2) is 42.5 Å². The number of amides is 1. The number of nitrogens with zero attached hydrogens (tertiary/aromatic N) is 1. The van der Waals surface area contributed by atoms with Crippen LogP contribution in [0.5, 0.6) is 0 Å². The Balaban J connectivity index is 2.46. The lowest BCUT2D eigenvalue weighted by atomic mass is 9.76. The SMILES string of the molecule is CC1CCC(CN)(N(C)CCC(=O)NC(C)C)CC1. The van der Waals surface area contributed by atoms with Crippen molar-refractivity contribution in [1.29, 1.82) is 0 Å². The molecule has 112 valence electrons. The molecule has 0 aromatic rings. The number of hydrogen-bond acceptors (Lipinski definition) is 3. The van der Waals surface area contributed by atoms with Gasteiger partial charge in [0.2, 0.25) is 5.91 Å². The third-order valence-corrected chi connectivity index (χ3v) is 4.52. The van der Waals surface area contributed by atoms with E-state index in [1.54, 1.807) is 0 Å². The van der Waals surface area contributed by atoms with Crippen LogP contribution in [0.2, 0.25) is 0 Å². The van der Waals surface area contributed by atoms with E-state index in [0.717, 1.165) is 25.3 Å². The monoisotopic (exact) mass is 269 g/mol. The predicted octanol–water partition coefficient (Wildman–Crippen LogP) is 1.74. The molecule has 0 aromatic heterocycles. The number of rotatable bonds is 6. The van der Waals surface area contributed by atoms with E-state index >= 15 is 0 Å². The van der Waals surface area contributed by atoms with Crippen molar-refractivity contribution >= 4 is 5.91 Å². The molecule has 1 aliphatic rings. The molecule has 0 atom stereocenters. The van der Waals surface area contributed by atoms with E-state index in [-0.39, 0.29) is 17.5 Å². The Bertz CT molecular complexity index is 283. The van der Waals surface area contributed by atoms with E-state index in [1.807, 2.05) is 13.8 Å². The van der Waals surface area contributed by atoms with Gasteiger partial charge in [-0.15, -0.1) is 0 Å². The molecule has 0 bridgehead atoms. The van der Waals surface area contributed by atoms with Crippen molar-refractivity contribution in [2.45, 2.75) is 64.5 Å². The molecule has 4 heteroatoms. The first-order valence-electron chi connectivity index (χ1n) is 7.60. The molecule has 0 saturated heterocycles. The molecular formula is C15H31N3O. The molecule has 0 spiro atoms. The Morgan fingerprint density at radius 2 is 2.00 bits per heavy atom. The van der Waals surface area contributed by atoms with Gasteiger partial charge >= 0.3 is 0 Å². The third-order valence-electron chi connectivity index (χ3n) is 4.52. The normalized spacial score (nSPS) is 27.8. The highest BCUT2D eigenvalue weighted by atomic mass is 16.1. The number of nitrogens with two attached hydrogens (primary N) is 1. The maximum Gasteiger partial charge on any atom is 0.221 e. The van der Waals surface area contributed by atoms with Crippen LogP contribution in [0, 0.1) is 5.92 Å². The highest BCUT2D eigenvalue weighted by Gasteiger charge is 2.36. The minimum absolute atomic E-state index is 0.116. The van der Waals surface area contributed by atoms with Crippen LogP contribution in [-0.2, 0) is 4.79 Å². The van der Waals surface area contributed by atoms with Gasteiger partial charge in [-0.25, -0.2) is 0 Å². The van der Waals surface area contributed by atoms with Gasteiger partial charge in [0.1, 0.15) is 0 Å². The highest BCUT2D eigenvalue weighted by Crippen LogP contribution is 2.35. The predicted molar refractivity (Wildman–Crippen MR) is 79.9 cm³/mol. The largest absolute Gasteiger partial charge is 0.354 e. The zero-order valence-corrected chi connectivity index (χ0v) is 13.0. The first kappa shape index (κ1) is 16.4. The molecule has 4 nitrogen and oxygen atoms in total. The van der Waals surface area contributed by atoms with Gasteiger partial charge in [0.25, 0.3) is 0 Å². The van der Waals surface area contributed by atoms with E-state index in [9.17, 15) is 4.79 Å². The van der Waals surface area contributed by atoms with Crippen molar-refractivity contribution in [2.24, 2.45) is 11.7 Å². The van der Waals surface area contributed by atoms with Gasteiger partial charge in [-0.3, -0.25) is 9.69 Å². The summed E-state index contributed by atoms with van der Waals surface area (Å²) in [5.41, 5.74) is 6.15. The molecule has 1 amide bonds. The lowest BCUT2D eigenvalue weighted by Gasteiger charge is -2.45. The van der Waals surface area contributed by atoms with Gasteiger partial charge in [-0.05, 0) is 52.5 Å². The van der Waals surface area contributed by atoms with E-state index in [2.05, 4.69) is 24.2 Å². The average molecular weight is 269 g/mol. The van der Waals surface area contributed by atoms with Crippen LogP contribution in [0.3, 0.4) is 0 Å². The lowest BCUT2D eigenvalue weighted by Crippen LogP contribution is -2.54. The maximum absolute atomic E-state index is 11.7. The fourth-order valence-corrected chi connectivity index (χ4v) is 2.94. The summed E-state index contributed by atoms with van der Waals surface area (Å²) in [6.45, 7) is 7.79. The fraction of sp³-hybridized carbons (Fsp3) is 0.933. The molecule has 0 unspecified atom stereocenters. The van der Waals surface area contributed by atoms with Crippen molar-refractivity contribution in [3.05, 3.63) is 0 Å². The standard InChI is InChI=1S/C15H31N3O/c1-12(2)17-14(19)7-10-18(4)15(11-16)8-5-13(3)6-9-15/h12-13H,5-11,16H2,1-4H3,(H,17,19). The summed E-state index contributed by atoms with van der Waals surface area (Å²) in [5.74, 6) is 0.954. The second kappa shape index (κ2) is 7.25. The average Bonchev–Trinajstić information content (AvgIpc) is 2.36. The minimum Gasteiger partial charge on any atom is -0.354 e. The molecule has 3 N–H and O–H groups in total. The number of nitrogens with one attached hydrogen (secondary N) is 1. The van der Waals surface area contributed by atoms with Crippen LogP contribution >= 0.6 is 0 Å². The van der Waals surface area contributed by atoms with E-state index in [0.29, 0.717) is 13.0 Å². The van der Waals surface area contributed by atoms with E-state index in [1.165, 1.54) is 12.8 Å². The van der Waals surface area contributed by atoms with Crippen LogP contribution < -0.4 is 11.1 Å². The summed E-state index contributed by atoms with van der Waals surface area (Å²) >= 11 is 0. The summed E-state index contributed by atoms with van der Waals surface area (Å²) in [6, 6.07) is 0.219. The smallest absolute Gasteiger partial charge is 0.221 e. The van der Waals surface area contributed by atoms with Crippen molar-refractivity contribution < 1.29 is 4.79 Å². The van der Waals surface area contributed by atoms with Crippen LogP contribution in [0.25, 0.3) is 0 Å². The molecule has 1 aliphatic carbocycles. The maximum atomic E-state index is 11.7. The van der Waals surface area contributed by atoms with E-state index in [4.69, 9.17) is 5.73 Å². The Morgan fingerprint density at radius 3 is 2.47 bits per heavy atom. The first-order valence-corrected chi connectivity index (χ1v) is 7.60. The number of likely N-dealkylation sites (N-methyl/N-ethyl adjacent to an activating group) is 1. The molecule has 19 heavy (non-hydrogen) atoms. The number of hydrogen-bond donors (Lipinski definition) is 2. The third kappa shape index (κ3) is 4.77. The molecule has 1 fully saturated rings. The molecule has 1 saturated carbocycles. The second-order valence-corrected chi connectivity index (χ2v) is 6.50. The van der Waals surface area contributed by atoms with Crippen molar-refractivity contribution in [1.82, 2.24) is 10.2 Å². The summed E-state index contributed by atoms with van der Waals surface area (Å²) in [4.78, 5) is 14.0. The summed E-state index contributed by atoms with van der Waals surface area (Å²) < 4.78 is 0. The van der Waals surface area contributed by atoms with Crippen LogP contribution in [0.1, 0.15) is 52.9 Å². The van der Waals surface area contributed by atoms with Gasteiger partial charge in [0.05, 0.1) is 0 Å². The summed E-state index contributed by atoms with van der Waals surface area (Å²) in [7, 11) is 2.12. The van der Waals surface area contributed by atoms with Crippen molar-refractivity contribution in [3.8, 4) is 0 Å². The first-order chi connectivity index (χ1) is 8.89. The Kier molecular flexibility index (Phi) is 6.27. The topological polar surface area (TPSA) is 58.4 Å². The minimum atomic E-state index is 0.116. The van der Waals surface area contributed by atoms with E-state index < -0.39 is 0 Å². The zero-order valence-electron chi connectivity index (χ0n) is 13.0. The van der Waals surface area contributed by atoms with Gasteiger partial charge in [-0.1, -0.05) is 6.92 Å². The quantitative estimate of drug-likeness (QED) is 0.772. The van der Waals surface area contributed by atoms with Crippen molar-refractivity contribution in [2.75, 3.05) is 20.1 Å². The zero-order chi connectivity index (χ0) is 14.5. The van der Waals surface area contributed by atoms with Gasteiger partial charge in [0.15, 0.2) is 0 Å². The molecular weight excluding hydrogens is 238 g/mol. The fourth-order valence-electron chi connectivity index (χ4n) is 2.94. The van der Waals surface area contributed by atoms with Crippen molar-refractivity contribution in [3.63, 3.8) is 0 Å². The summed E-state index contributed by atoms with van der Waals surface area (Å²) in [5, 5.41) is 2.94. The Labute approximate surface area is 118 Å².